The van der Waals surface area contributed by atoms with Crippen LogP contribution < -0.4 is 11.3 Å². The van der Waals surface area contributed by atoms with Gasteiger partial charge in [0.05, 0.1) is 17.2 Å². The predicted molar refractivity (Wildman–Crippen MR) is 110 cm³/mol. The largest absolute Gasteiger partial charge is 0.289 e. The Morgan fingerprint density at radius 2 is 2.17 bits per heavy atom. The average molecular weight is 447 g/mol. The molecule has 0 bridgehead atoms. The van der Waals surface area contributed by atoms with E-state index in [-0.39, 0.29) is 16.8 Å². The number of hydrogen-bond donors (Lipinski definition) is 2. The van der Waals surface area contributed by atoms with Crippen molar-refractivity contribution in [1.29, 1.82) is 5.26 Å². The van der Waals surface area contributed by atoms with Crippen molar-refractivity contribution in [1.82, 2.24) is 15.6 Å². The van der Waals surface area contributed by atoms with Crippen LogP contribution in [-0.4, -0.2) is 20.5 Å². The summed E-state index contributed by atoms with van der Waals surface area (Å²) in [5.74, 6) is 2.07. The third-order valence-electron chi connectivity index (χ3n) is 4.93. The summed E-state index contributed by atoms with van der Waals surface area (Å²) < 4.78 is 27.8. The van der Waals surface area contributed by atoms with Gasteiger partial charge in [-0.2, -0.15) is 5.26 Å². The first-order valence-corrected chi connectivity index (χ1v) is 10.8. The van der Waals surface area contributed by atoms with Crippen LogP contribution in [0, 0.1) is 11.3 Å². The number of hydrogen-bond acceptors (Lipinski definition) is 8. The number of nitrogen functional groups attached to an aromatic ring is 1. The van der Waals surface area contributed by atoms with Crippen molar-refractivity contribution in [2.75, 3.05) is 0 Å². The fraction of sp³-hybridized carbons (Fsp3) is 0.316. The number of halogens is 2. The molecule has 1 aliphatic heterocycles. The van der Waals surface area contributed by atoms with Crippen molar-refractivity contribution in [2.24, 2.45) is 10.8 Å². The van der Waals surface area contributed by atoms with Gasteiger partial charge in [0.2, 0.25) is 0 Å². The first-order valence-electron chi connectivity index (χ1n) is 8.97. The predicted octanol–water partition coefficient (Wildman–Crippen LogP) is 3.45. The molecule has 4 rings (SSSR count). The highest BCUT2D eigenvalue weighted by atomic mass is 32.2. The molecule has 30 heavy (non-hydrogen) atoms. The number of amides is 1. The van der Waals surface area contributed by atoms with Gasteiger partial charge in [-0.05, 0) is 42.3 Å². The number of nitrogens with zero attached hydrogens (tertiary/aromatic N) is 4. The van der Waals surface area contributed by atoms with Gasteiger partial charge in [-0.25, -0.2) is 14.6 Å². The van der Waals surface area contributed by atoms with Gasteiger partial charge in [0, 0.05) is 23.8 Å². The van der Waals surface area contributed by atoms with Gasteiger partial charge in [0.1, 0.15) is 9.40 Å². The van der Waals surface area contributed by atoms with Gasteiger partial charge in [0.25, 0.3) is 11.8 Å². The summed E-state index contributed by atoms with van der Waals surface area (Å²) in [6.07, 6.45) is 1.67. The van der Waals surface area contributed by atoms with Crippen LogP contribution in [0.2, 0.25) is 0 Å². The lowest BCUT2D eigenvalue weighted by Gasteiger charge is -2.22. The Morgan fingerprint density at radius 1 is 1.40 bits per heavy atom. The maximum atomic E-state index is 13.5. The van der Waals surface area contributed by atoms with Crippen LogP contribution in [0.4, 0.5) is 8.78 Å². The Hall–Kier alpha value is -2.55. The molecule has 3 N–H and O–H groups in total. The lowest BCUT2D eigenvalue weighted by molar-refractivity contribution is 0.0174. The Kier molecular flexibility index (Phi) is 5.25. The van der Waals surface area contributed by atoms with Crippen molar-refractivity contribution in [3.63, 3.8) is 0 Å². The fourth-order valence-corrected chi connectivity index (χ4v) is 5.34. The molecule has 1 spiro atoms. The van der Waals surface area contributed by atoms with E-state index in [0.717, 1.165) is 29.7 Å². The number of carbonyl (C=O) groups is 1. The number of nitriles is 1. The maximum absolute atomic E-state index is 13.5. The molecule has 7 nitrogen and oxygen atoms in total. The van der Waals surface area contributed by atoms with Gasteiger partial charge in [-0.1, -0.05) is 23.9 Å². The number of carbonyl (C=O) groups excluding carboxylic acids is 1. The van der Waals surface area contributed by atoms with E-state index < -0.39 is 17.4 Å². The van der Waals surface area contributed by atoms with E-state index in [1.54, 1.807) is 12.1 Å². The highest BCUT2D eigenvalue weighted by Crippen LogP contribution is 2.56. The van der Waals surface area contributed by atoms with E-state index >= 15 is 0 Å². The van der Waals surface area contributed by atoms with Crippen molar-refractivity contribution in [3.8, 4) is 6.07 Å². The second-order valence-electron chi connectivity index (χ2n) is 7.09. The molecule has 0 radical (unpaired) electrons. The van der Waals surface area contributed by atoms with Crippen LogP contribution in [0.25, 0.3) is 0 Å². The molecule has 1 fully saturated rings. The number of nitrogens with one attached hydrogen (secondary N) is 1. The van der Waals surface area contributed by atoms with E-state index in [9.17, 15) is 18.8 Å². The first-order chi connectivity index (χ1) is 14.3. The number of aliphatic imine (C=N–C) groups is 1. The summed E-state index contributed by atoms with van der Waals surface area (Å²) in [5, 5.41) is 18.1. The molecule has 1 saturated carbocycles. The van der Waals surface area contributed by atoms with Crippen molar-refractivity contribution in [3.05, 3.63) is 52.2 Å². The molecule has 1 aromatic heterocycles. The van der Waals surface area contributed by atoms with E-state index in [2.05, 4.69) is 10.2 Å². The van der Waals surface area contributed by atoms with Crippen LogP contribution in [0.3, 0.4) is 0 Å². The first kappa shape index (κ1) is 20.7. The van der Waals surface area contributed by atoms with Crippen LogP contribution in [-0.2, 0) is 17.2 Å². The minimum absolute atomic E-state index is 0.140. The molecule has 11 heteroatoms. The lowest BCUT2D eigenvalue weighted by atomic mass is 10.0. The quantitative estimate of drug-likeness (QED) is 0.420. The van der Waals surface area contributed by atoms with Crippen molar-refractivity contribution in [2.45, 2.75) is 42.0 Å². The second-order valence-corrected chi connectivity index (χ2v) is 9.29. The molecule has 1 aliphatic carbocycles. The fourth-order valence-electron chi connectivity index (χ4n) is 3.09. The van der Waals surface area contributed by atoms with Crippen LogP contribution in [0.15, 0.2) is 34.3 Å². The third kappa shape index (κ3) is 3.90. The Balaban J connectivity index is 1.54. The molecule has 1 amide bonds. The zero-order valence-corrected chi connectivity index (χ0v) is 17.4. The Morgan fingerprint density at radius 3 is 2.80 bits per heavy atom. The summed E-state index contributed by atoms with van der Waals surface area (Å²) in [6.45, 7) is 0.807. The third-order valence-corrected chi connectivity index (χ3v) is 7.08. The molecule has 2 aliphatic rings. The zero-order valence-electron chi connectivity index (χ0n) is 15.8. The second kappa shape index (κ2) is 7.61. The standard InChI is InChI=1S/C19H16F2N6OS2/c1-18(20,21)12-3-2-10(11(6-12)8-22)9-29-17-24-19(4-5-19)13-7-14(15(28)25-23)26-27-16(13)30-17/h2-3,6-7H,4-5,9,23H2,1H3,(H,25,28). The van der Waals surface area contributed by atoms with Gasteiger partial charge in [-0.15, -0.1) is 10.2 Å². The number of aromatic nitrogens is 2. The highest BCUT2D eigenvalue weighted by Gasteiger charge is 2.49. The van der Waals surface area contributed by atoms with Gasteiger partial charge in [-0.3, -0.25) is 15.2 Å². The Bertz CT molecular complexity index is 1110. The Labute approximate surface area is 179 Å². The summed E-state index contributed by atoms with van der Waals surface area (Å²) in [6, 6.07) is 7.81. The number of benzene rings is 1. The molecule has 0 atom stereocenters. The van der Waals surface area contributed by atoms with Gasteiger partial charge < -0.3 is 0 Å². The number of thioether (sulfide) groups is 2. The molecule has 0 saturated heterocycles. The van der Waals surface area contributed by atoms with Gasteiger partial charge in [0.15, 0.2) is 5.69 Å². The summed E-state index contributed by atoms with van der Waals surface area (Å²) in [7, 11) is 0. The summed E-state index contributed by atoms with van der Waals surface area (Å²) >= 11 is 2.76. The number of rotatable bonds is 4. The molecule has 2 heterocycles. The number of hydrazine groups is 1. The monoisotopic (exact) mass is 446 g/mol. The topological polar surface area (TPSA) is 117 Å². The number of alkyl halides is 2. The van der Waals surface area contributed by atoms with Crippen LogP contribution in [0.5, 0.6) is 0 Å². The van der Waals surface area contributed by atoms with E-state index in [1.807, 2.05) is 11.5 Å². The molecule has 154 valence electrons. The summed E-state index contributed by atoms with van der Waals surface area (Å²) in [4.78, 5) is 16.6. The maximum Gasteiger partial charge on any atom is 0.285 e. The SMILES string of the molecule is CC(F)(F)c1ccc(CSC2=NC3(CC3)c3cc(C(=O)NN)nnc3S2)c(C#N)c1. The lowest BCUT2D eigenvalue weighted by Crippen LogP contribution is -2.31. The summed E-state index contributed by atoms with van der Waals surface area (Å²) in [5.41, 5.74) is 3.34. The number of nitrogens with two attached hydrogens (primary N) is 1. The van der Waals surface area contributed by atoms with Crippen molar-refractivity contribution < 1.29 is 13.6 Å². The van der Waals surface area contributed by atoms with Crippen molar-refractivity contribution >= 4 is 33.8 Å². The molecular weight excluding hydrogens is 430 g/mol. The molecular formula is C19H16F2N6OS2. The smallest absolute Gasteiger partial charge is 0.285 e. The molecule has 2 aromatic rings. The zero-order chi connectivity index (χ0) is 21.5. The van der Waals surface area contributed by atoms with Gasteiger partial charge >= 0.3 is 0 Å². The van der Waals surface area contributed by atoms with E-state index in [1.165, 1.54) is 35.7 Å². The highest BCUT2D eigenvalue weighted by molar-refractivity contribution is 8.38. The van der Waals surface area contributed by atoms with E-state index in [4.69, 9.17) is 10.8 Å². The van der Waals surface area contributed by atoms with Crippen LogP contribution in [0.1, 0.15) is 52.5 Å². The average Bonchev–Trinajstić information content (AvgIpc) is 3.50. The molecule has 1 aromatic carbocycles. The normalized spacial score (nSPS) is 16.4. The minimum Gasteiger partial charge on any atom is -0.289 e. The van der Waals surface area contributed by atoms with E-state index in [0.29, 0.717) is 16.3 Å². The molecule has 0 unspecified atom stereocenters. The number of fused-ring (bicyclic) bond motifs is 2. The minimum atomic E-state index is -3.00. The van der Waals surface area contributed by atoms with Crippen LogP contribution >= 0.6 is 23.5 Å².